The number of halogens is 2. The number of benzene rings is 2. The van der Waals surface area contributed by atoms with Gasteiger partial charge in [-0.15, -0.1) is 0 Å². The minimum absolute atomic E-state index is 0.140. The Morgan fingerprint density at radius 3 is 2.48 bits per heavy atom. The molecule has 0 fully saturated rings. The first-order valence-corrected chi connectivity index (χ1v) is 8.19. The zero-order valence-electron chi connectivity index (χ0n) is 15.0. The van der Waals surface area contributed by atoms with Crippen LogP contribution in [0, 0.1) is 11.6 Å². The van der Waals surface area contributed by atoms with Gasteiger partial charge in [-0.3, -0.25) is 9.59 Å². The predicted molar refractivity (Wildman–Crippen MR) is 96.1 cm³/mol. The van der Waals surface area contributed by atoms with Crippen molar-refractivity contribution in [2.24, 2.45) is 0 Å². The van der Waals surface area contributed by atoms with Crippen LogP contribution < -0.4 is 20.1 Å². The Labute approximate surface area is 155 Å². The molecule has 6 nitrogen and oxygen atoms in total. The Bertz CT molecular complexity index is 827. The van der Waals surface area contributed by atoms with Crippen molar-refractivity contribution >= 4 is 17.5 Å². The zero-order chi connectivity index (χ0) is 19.8. The average molecular weight is 378 g/mol. The van der Waals surface area contributed by atoms with Gasteiger partial charge in [0.15, 0.2) is 0 Å². The molecule has 2 aromatic rings. The van der Waals surface area contributed by atoms with Crippen LogP contribution in [0.3, 0.4) is 0 Å². The van der Waals surface area contributed by atoms with Gasteiger partial charge in [0.2, 0.25) is 5.91 Å². The third-order valence-corrected chi connectivity index (χ3v) is 3.72. The molecule has 0 bridgehead atoms. The lowest BCUT2D eigenvalue weighted by Crippen LogP contribution is -2.26. The summed E-state index contributed by atoms with van der Waals surface area (Å²) in [4.78, 5) is 23.9. The van der Waals surface area contributed by atoms with Gasteiger partial charge < -0.3 is 20.1 Å². The highest BCUT2D eigenvalue weighted by Gasteiger charge is 2.13. The number of anilines is 1. The first-order valence-electron chi connectivity index (χ1n) is 8.19. The molecular formula is C19H20F2N2O4. The lowest BCUT2D eigenvalue weighted by atomic mass is 10.2. The van der Waals surface area contributed by atoms with Gasteiger partial charge >= 0.3 is 0 Å². The summed E-state index contributed by atoms with van der Waals surface area (Å²) >= 11 is 0. The number of ether oxygens (including phenoxy) is 2. The van der Waals surface area contributed by atoms with Gasteiger partial charge in [-0.2, -0.15) is 0 Å². The molecule has 0 unspecified atom stereocenters. The van der Waals surface area contributed by atoms with E-state index in [1.165, 1.54) is 14.2 Å². The molecule has 8 heteroatoms. The molecule has 0 aliphatic rings. The molecule has 27 heavy (non-hydrogen) atoms. The monoisotopic (exact) mass is 378 g/mol. The summed E-state index contributed by atoms with van der Waals surface area (Å²) in [5, 5.41) is 5.21. The second-order valence-electron chi connectivity index (χ2n) is 5.60. The van der Waals surface area contributed by atoms with E-state index in [0.29, 0.717) is 29.7 Å². The van der Waals surface area contributed by atoms with Gasteiger partial charge in [0, 0.05) is 25.1 Å². The van der Waals surface area contributed by atoms with Crippen LogP contribution in [-0.4, -0.2) is 32.6 Å². The van der Waals surface area contributed by atoms with E-state index in [1.54, 1.807) is 18.2 Å². The Kier molecular flexibility index (Phi) is 7.10. The zero-order valence-corrected chi connectivity index (χ0v) is 15.0. The maximum Gasteiger partial charge on any atom is 0.254 e. The Morgan fingerprint density at radius 1 is 1.04 bits per heavy atom. The van der Waals surface area contributed by atoms with Crippen molar-refractivity contribution in [2.45, 2.75) is 12.8 Å². The van der Waals surface area contributed by atoms with E-state index in [-0.39, 0.29) is 24.4 Å². The summed E-state index contributed by atoms with van der Waals surface area (Å²) in [5.41, 5.74) is 0.254. The van der Waals surface area contributed by atoms with Crippen molar-refractivity contribution in [2.75, 3.05) is 26.1 Å². The molecule has 0 saturated heterocycles. The van der Waals surface area contributed by atoms with E-state index in [1.807, 2.05) is 0 Å². The molecule has 0 atom stereocenters. The number of rotatable bonds is 8. The van der Waals surface area contributed by atoms with Crippen LogP contribution in [0.2, 0.25) is 0 Å². The van der Waals surface area contributed by atoms with Crippen molar-refractivity contribution in [3.05, 3.63) is 53.6 Å². The molecular weight excluding hydrogens is 358 g/mol. The third-order valence-electron chi connectivity index (χ3n) is 3.72. The van der Waals surface area contributed by atoms with Gasteiger partial charge in [-0.1, -0.05) is 0 Å². The highest BCUT2D eigenvalue weighted by Crippen LogP contribution is 2.29. The lowest BCUT2D eigenvalue weighted by Gasteiger charge is -2.11. The van der Waals surface area contributed by atoms with Crippen LogP contribution in [0.25, 0.3) is 0 Å². The van der Waals surface area contributed by atoms with Crippen LogP contribution in [-0.2, 0) is 4.79 Å². The second kappa shape index (κ2) is 9.51. The largest absolute Gasteiger partial charge is 0.497 e. The fraction of sp³-hybridized carbons (Fsp3) is 0.263. The van der Waals surface area contributed by atoms with Gasteiger partial charge in [0.1, 0.15) is 23.1 Å². The number of amides is 2. The number of carbonyl (C=O) groups is 2. The van der Waals surface area contributed by atoms with E-state index >= 15 is 0 Å². The molecule has 0 aliphatic carbocycles. The van der Waals surface area contributed by atoms with Crippen LogP contribution in [0.4, 0.5) is 14.5 Å². The van der Waals surface area contributed by atoms with E-state index in [4.69, 9.17) is 9.47 Å². The van der Waals surface area contributed by atoms with Gasteiger partial charge in [-0.25, -0.2) is 8.78 Å². The van der Waals surface area contributed by atoms with Crippen LogP contribution >= 0.6 is 0 Å². The Morgan fingerprint density at radius 2 is 1.81 bits per heavy atom. The summed E-state index contributed by atoms with van der Waals surface area (Å²) in [6.07, 6.45) is 0.486. The van der Waals surface area contributed by atoms with Crippen LogP contribution in [0.1, 0.15) is 23.2 Å². The molecule has 2 amide bonds. The minimum Gasteiger partial charge on any atom is -0.497 e. The predicted octanol–water partition coefficient (Wildman–Crippen LogP) is 3.13. The lowest BCUT2D eigenvalue weighted by molar-refractivity contribution is -0.116. The second-order valence-corrected chi connectivity index (χ2v) is 5.60. The number of methoxy groups -OCH3 is 2. The Balaban J connectivity index is 1.80. The van der Waals surface area contributed by atoms with Crippen LogP contribution in [0.5, 0.6) is 11.5 Å². The van der Waals surface area contributed by atoms with Crippen molar-refractivity contribution in [1.29, 1.82) is 0 Å². The van der Waals surface area contributed by atoms with Gasteiger partial charge in [-0.05, 0) is 30.7 Å². The quantitative estimate of drug-likeness (QED) is 0.692. The highest BCUT2D eigenvalue weighted by molar-refractivity contribution is 5.94. The summed E-state index contributed by atoms with van der Waals surface area (Å²) in [6, 6.07) is 7.72. The summed E-state index contributed by atoms with van der Waals surface area (Å²) < 4.78 is 36.7. The first kappa shape index (κ1) is 20.2. The molecule has 0 radical (unpaired) electrons. The maximum atomic E-state index is 13.5. The van der Waals surface area contributed by atoms with Crippen LogP contribution in [0.15, 0.2) is 36.4 Å². The van der Waals surface area contributed by atoms with Crippen molar-refractivity contribution in [3.8, 4) is 11.5 Å². The molecule has 144 valence electrons. The topological polar surface area (TPSA) is 76.7 Å². The first-order chi connectivity index (χ1) is 12.9. The van der Waals surface area contributed by atoms with Gasteiger partial charge in [0.05, 0.1) is 25.5 Å². The van der Waals surface area contributed by atoms with Crippen molar-refractivity contribution in [3.63, 3.8) is 0 Å². The number of nitrogens with one attached hydrogen (secondary N) is 2. The number of hydrogen-bond donors (Lipinski definition) is 2. The van der Waals surface area contributed by atoms with E-state index in [2.05, 4.69) is 10.6 Å². The minimum atomic E-state index is -0.933. The summed E-state index contributed by atoms with van der Waals surface area (Å²) in [5.74, 6) is -1.56. The van der Waals surface area contributed by atoms with E-state index in [9.17, 15) is 18.4 Å². The fourth-order valence-electron chi connectivity index (χ4n) is 2.33. The molecule has 2 N–H and O–H groups in total. The van der Waals surface area contributed by atoms with Crippen molar-refractivity contribution in [1.82, 2.24) is 5.32 Å². The van der Waals surface area contributed by atoms with E-state index in [0.717, 1.165) is 12.1 Å². The average Bonchev–Trinajstić information content (AvgIpc) is 2.65. The number of carbonyl (C=O) groups excluding carboxylic acids is 2. The smallest absolute Gasteiger partial charge is 0.254 e. The van der Waals surface area contributed by atoms with E-state index < -0.39 is 17.5 Å². The fourth-order valence-corrected chi connectivity index (χ4v) is 2.33. The third kappa shape index (κ3) is 5.67. The standard InChI is InChI=1S/C19H20F2N2O4/c1-26-13-6-8-16(17(11-13)27-2)23-18(24)4-3-9-22-19(25)14-7-5-12(20)10-15(14)21/h5-8,10-11H,3-4,9H2,1-2H3,(H,22,25)(H,23,24). The van der Waals surface area contributed by atoms with Crippen molar-refractivity contribution < 1.29 is 27.8 Å². The van der Waals surface area contributed by atoms with Gasteiger partial charge in [0.25, 0.3) is 5.91 Å². The number of hydrogen-bond acceptors (Lipinski definition) is 4. The molecule has 2 rings (SSSR count). The molecule has 0 heterocycles. The molecule has 0 aliphatic heterocycles. The summed E-state index contributed by atoms with van der Waals surface area (Å²) in [6.45, 7) is 0.169. The molecule has 0 spiro atoms. The SMILES string of the molecule is COc1ccc(NC(=O)CCCNC(=O)c2ccc(F)cc2F)c(OC)c1. The molecule has 2 aromatic carbocycles. The maximum absolute atomic E-state index is 13.5. The highest BCUT2D eigenvalue weighted by atomic mass is 19.1. The Hall–Kier alpha value is -3.16. The summed E-state index contributed by atoms with van der Waals surface area (Å²) in [7, 11) is 3.01. The molecule has 0 saturated carbocycles. The molecule has 0 aromatic heterocycles. The normalized spacial score (nSPS) is 10.2.